The molecule has 4 aromatic rings. The highest BCUT2D eigenvalue weighted by Crippen LogP contribution is 2.31. The summed E-state index contributed by atoms with van der Waals surface area (Å²) in [6.45, 7) is 0. The van der Waals surface area contributed by atoms with E-state index in [2.05, 4.69) is 15.4 Å². The number of nitrogens with zero attached hydrogens (tertiary/aromatic N) is 3. The van der Waals surface area contributed by atoms with Crippen molar-refractivity contribution >= 4 is 28.9 Å². The average Bonchev–Trinajstić information content (AvgIpc) is 3.23. The van der Waals surface area contributed by atoms with Crippen LogP contribution in [-0.4, -0.2) is 40.5 Å². The molecule has 0 saturated carbocycles. The first-order valence-electron chi connectivity index (χ1n) is 9.22. The molecule has 0 bridgehead atoms. The van der Waals surface area contributed by atoms with E-state index in [0.29, 0.717) is 0 Å². The molecule has 2 heterocycles. The van der Waals surface area contributed by atoms with E-state index in [9.17, 15) is 4.79 Å². The lowest BCUT2D eigenvalue weighted by Gasteiger charge is -2.06. The van der Waals surface area contributed by atoms with Gasteiger partial charge in [0.15, 0.2) is 0 Å². The lowest BCUT2D eigenvalue weighted by Crippen LogP contribution is -2.14. The first kappa shape index (κ1) is 19.8. The van der Waals surface area contributed by atoms with Crippen molar-refractivity contribution in [2.75, 3.05) is 25.3 Å². The number of thioether (sulfide) groups is 1. The van der Waals surface area contributed by atoms with Gasteiger partial charge in [-0.3, -0.25) is 4.79 Å². The molecule has 0 aliphatic carbocycles. The number of rotatable bonds is 7. The Morgan fingerprint density at radius 2 is 1.90 bits per heavy atom. The molecule has 0 spiro atoms. The van der Waals surface area contributed by atoms with Gasteiger partial charge in [0.2, 0.25) is 5.91 Å². The standard InChI is InChI=1S/C22H20N4O3S/c1-28-16-9-7-15(8-10-16)24-21(27)14-30-22-19-13-18(25-26(19)12-11-23-22)17-5-3-4-6-20(17)29-2/h3-13H,14H2,1-2H3,(H,24,27). The van der Waals surface area contributed by atoms with E-state index in [-0.39, 0.29) is 11.7 Å². The maximum atomic E-state index is 12.4. The zero-order valence-corrected chi connectivity index (χ0v) is 17.3. The van der Waals surface area contributed by atoms with Gasteiger partial charge in [0, 0.05) is 23.6 Å². The highest BCUT2D eigenvalue weighted by atomic mass is 32.2. The van der Waals surface area contributed by atoms with E-state index < -0.39 is 0 Å². The molecule has 0 aliphatic heterocycles. The van der Waals surface area contributed by atoms with E-state index in [1.807, 2.05) is 30.3 Å². The molecular weight excluding hydrogens is 400 g/mol. The van der Waals surface area contributed by atoms with Crippen LogP contribution >= 0.6 is 11.8 Å². The van der Waals surface area contributed by atoms with Crippen LogP contribution in [0.4, 0.5) is 5.69 Å². The Morgan fingerprint density at radius 1 is 1.10 bits per heavy atom. The van der Waals surface area contributed by atoms with E-state index in [4.69, 9.17) is 9.47 Å². The summed E-state index contributed by atoms with van der Waals surface area (Å²) < 4.78 is 12.3. The zero-order chi connectivity index (χ0) is 20.9. The van der Waals surface area contributed by atoms with Crippen LogP contribution in [0.15, 0.2) is 72.0 Å². The Kier molecular flexibility index (Phi) is 5.85. The second-order valence-electron chi connectivity index (χ2n) is 6.36. The fourth-order valence-corrected chi connectivity index (χ4v) is 3.78. The van der Waals surface area contributed by atoms with Crippen molar-refractivity contribution in [3.63, 3.8) is 0 Å². The normalized spacial score (nSPS) is 10.7. The molecule has 0 unspecified atom stereocenters. The van der Waals surface area contributed by atoms with E-state index in [1.54, 1.807) is 55.4 Å². The van der Waals surface area contributed by atoms with Crippen LogP contribution in [0.1, 0.15) is 0 Å². The molecule has 1 amide bonds. The number of nitrogens with one attached hydrogen (secondary N) is 1. The summed E-state index contributed by atoms with van der Waals surface area (Å²) >= 11 is 1.36. The van der Waals surface area contributed by atoms with Crippen molar-refractivity contribution in [3.8, 4) is 22.8 Å². The summed E-state index contributed by atoms with van der Waals surface area (Å²) in [4.78, 5) is 16.8. The van der Waals surface area contributed by atoms with Crippen molar-refractivity contribution in [1.82, 2.24) is 14.6 Å². The predicted molar refractivity (Wildman–Crippen MR) is 117 cm³/mol. The van der Waals surface area contributed by atoms with E-state index >= 15 is 0 Å². The summed E-state index contributed by atoms with van der Waals surface area (Å²) in [5.74, 6) is 1.61. The summed E-state index contributed by atoms with van der Waals surface area (Å²) in [6.07, 6.45) is 3.46. The third kappa shape index (κ3) is 4.23. The van der Waals surface area contributed by atoms with Gasteiger partial charge in [0.05, 0.1) is 31.2 Å². The molecule has 2 aromatic heterocycles. The van der Waals surface area contributed by atoms with Crippen molar-refractivity contribution < 1.29 is 14.3 Å². The summed E-state index contributed by atoms with van der Waals surface area (Å²) in [6, 6.07) is 16.9. The largest absolute Gasteiger partial charge is 0.497 e. The van der Waals surface area contributed by atoms with Crippen molar-refractivity contribution in [1.29, 1.82) is 0 Å². The molecule has 2 aromatic carbocycles. The van der Waals surface area contributed by atoms with Gasteiger partial charge in [-0.15, -0.1) is 0 Å². The van der Waals surface area contributed by atoms with Gasteiger partial charge in [-0.2, -0.15) is 5.10 Å². The third-order valence-electron chi connectivity index (χ3n) is 4.45. The number of carbonyl (C=O) groups excluding carboxylic acids is 1. The average molecular weight is 420 g/mol. The number of fused-ring (bicyclic) bond motifs is 1. The van der Waals surface area contributed by atoms with Gasteiger partial charge in [-0.25, -0.2) is 9.50 Å². The molecule has 0 radical (unpaired) electrons. The summed E-state index contributed by atoms with van der Waals surface area (Å²) in [5, 5.41) is 8.24. The highest BCUT2D eigenvalue weighted by molar-refractivity contribution is 8.00. The number of hydrogen-bond donors (Lipinski definition) is 1. The molecule has 8 heteroatoms. The quantitative estimate of drug-likeness (QED) is 0.453. The maximum Gasteiger partial charge on any atom is 0.234 e. The van der Waals surface area contributed by atoms with Gasteiger partial charge in [-0.05, 0) is 42.5 Å². The van der Waals surface area contributed by atoms with Crippen molar-refractivity contribution in [2.24, 2.45) is 0 Å². The number of methoxy groups -OCH3 is 2. The van der Waals surface area contributed by atoms with Gasteiger partial charge in [0.1, 0.15) is 16.5 Å². The SMILES string of the molecule is COc1ccc(NC(=O)CSc2nccn3nc(-c4ccccc4OC)cc23)cc1. The van der Waals surface area contributed by atoms with Crippen LogP contribution in [0.5, 0.6) is 11.5 Å². The predicted octanol–water partition coefficient (Wildman–Crippen LogP) is 4.14. The Morgan fingerprint density at radius 3 is 2.67 bits per heavy atom. The van der Waals surface area contributed by atoms with Gasteiger partial charge >= 0.3 is 0 Å². The summed E-state index contributed by atoms with van der Waals surface area (Å²) in [5.41, 5.74) is 3.23. The van der Waals surface area contributed by atoms with Crippen LogP contribution in [0.25, 0.3) is 16.8 Å². The number of ether oxygens (including phenoxy) is 2. The molecule has 0 saturated heterocycles. The molecule has 0 aliphatic rings. The van der Waals surface area contributed by atoms with Gasteiger partial charge < -0.3 is 14.8 Å². The fourth-order valence-electron chi connectivity index (χ4n) is 3.00. The lowest BCUT2D eigenvalue weighted by molar-refractivity contribution is -0.113. The van der Waals surface area contributed by atoms with E-state index in [0.717, 1.165) is 39.0 Å². The van der Waals surface area contributed by atoms with Crippen LogP contribution in [0.2, 0.25) is 0 Å². The maximum absolute atomic E-state index is 12.4. The zero-order valence-electron chi connectivity index (χ0n) is 16.5. The Hall–Kier alpha value is -3.52. The Balaban J connectivity index is 1.50. The second-order valence-corrected chi connectivity index (χ2v) is 7.32. The number of hydrogen-bond acceptors (Lipinski definition) is 6. The number of anilines is 1. The summed E-state index contributed by atoms with van der Waals surface area (Å²) in [7, 11) is 3.24. The molecule has 0 atom stereocenters. The molecular formula is C22H20N4O3S. The molecule has 30 heavy (non-hydrogen) atoms. The lowest BCUT2D eigenvalue weighted by atomic mass is 10.1. The first-order chi connectivity index (χ1) is 14.7. The molecule has 0 fully saturated rings. The number of carbonyl (C=O) groups is 1. The number of amides is 1. The molecule has 1 N–H and O–H groups in total. The topological polar surface area (TPSA) is 77.8 Å². The van der Waals surface area contributed by atoms with Gasteiger partial charge in [0.25, 0.3) is 0 Å². The first-order valence-corrected chi connectivity index (χ1v) is 10.2. The van der Waals surface area contributed by atoms with E-state index in [1.165, 1.54) is 11.8 Å². The number of benzene rings is 2. The van der Waals surface area contributed by atoms with Gasteiger partial charge in [-0.1, -0.05) is 23.9 Å². The highest BCUT2D eigenvalue weighted by Gasteiger charge is 2.14. The van der Waals surface area contributed by atoms with Crippen molar-refractivity contribution in [2.45, 2.75) is 5.03 Å². The fraction of sp³-hybridized carbons (Fsp3) is 0.136. The Bertz CT molecular complexity index is 1170. The minimum absolute atomic E-state index is 0.113. The van der Waals surface area contributed by atoms with Crippen LogP contribution < -0.4 is 14.8 Å². The third-order valence-corrected chi connectivity index (χ3v) is 5.45. The second kappa shape index (κ2) is 8.87. The minimum Gasteiger partial charge on any atom is -0.497 e. The molecule has 152 valence electrons. The van der Waals surface area contributed by atoms with Crippen LogP contribution in [0.3, 0.4) is 0 Å². The molecule has 4 rings (SSSR count). The Labute approximate surface area is 178 Å². The molecule has 7 nitrogen and oxygen atoms in total. The van der Waals surface area contributed by atoms with Crippen LogP contribution in [-0.2, 0) is 4.79 Å². The monoisotopic (exact) mass is 420 g/mol. The van der Waals surface area contributed by atoms with Crippen molar-refractivity contribution in [3.05, 3.63) is 67.0 Å². The number of aromatic nitrogens is 3. The number of para-hydroxylation sites is 1. The minimum atomic E-state index is -0.113. The smallest absolute Gasteiger partial charge is 0.234 e. The van der Waals surface area contributed by atoms with Crippen LogP contribution in [0, 0.1) is 0 Å².